The Labute approximate surface area is 108 Å². The van der Waals surface area contributed by atoms with Crippen LogP contribution in [0.3, 0.4) is 0 Å². The van der Waals surface area contributed by atoms with Gasteiger partial charge in [0.1, 0.15) is 5.84 Å². The largest absolute Gasteiger partial charge is 0.372 e. The van der Waals surface area contributed by atoms with E-state index in [1.54, 1.807) is 0 Å². The van der Waals surface area contributed by atoms with Crippen molar-refractivity contribution in [2.24, 2.45) is 4.99 Å². The van der Waals surface area contributed by atoms with Gasteiger partial charge in [0.05, 0.1) is 13.0 Å². The molecule has 0 fully saturated rings. The molecule has 0 saturated heterocycles. The molecule has 0 atom stereocenters. The number of Topliss-reactive ketones (excluding diaryl/α,β-unsaturated/α-hetero) is 1. The second kappa shape index (κ2) is 4.92. The van der Waals surface area contributed by atoms with E-state index < -0.39 is 0 Å². The number of rotatable bonds is 3. The molecule has 0 radical (unpaired) electrons. The number of ketones is 1. The van der Waals surface area contributed by atoms with Gasteiger partial charge in [-0.25, -0.2) is 0 Å². The summed E-state index contributed by atoms with van der Waals surface area (Å²) in [5.41, 5.74) is 5.44. The molecule has 1 heterocycles. The van der Waals surface area contributed by atoms with Gasteiger partial charge in [-0.05, 0) is 49.9 Å². The Hall–Kier alpha value is -1.64. The summed E-state index contributed by atoms with van der Waals surface area (Å²) >= 11 is 0. The van der Waals surface area contributed by atoms with Gasteiger partial charge in [0, 0.05) is 12.1 Å². The van der Waals surface area contributed by atoms with Gasteiger partial charge >= 0.3 is 0 Å². The summed E-state index contributed by atoms with van der Waals surface area (Å²) in [6.07, 6.45) is 0.393. The molecule has 3 heteroatoms. The molecule has 1 aromatic rings. The van der Waals surface area contributed by atoms with Crippen molar-refractivity contribution in [3.63, 3.8) is 0 Å². The van der Waals surface area contributed by atoms with Gasteiger partial charge in [-0.1, -0.05) is 6.07 Å². The SMILES string of the molecule is Cc1cc(C)c(C)c(C(=O)CC2=NCCN2)c1C. The first kappa shape index (κ1) is 12.8. The Morgan fingerprint density at radius 1 is 1.22 bits per heavy atom. The van der Waals surface area contributed by atoms with Crippen LogP contribution >= 0.6 is 0 Å². The molecule has 1 aliphatic heterocycles. The summed E-state index contributed by atoms with van der Waals surface area (Å²) < 4.78 is 0. The number of carbonyl (C=O) groups is 1. The number of aliphatic imine (C=N–C) groups is 1. The minimum Gasteiger partial charge on any atom is -0.372 e. The maximum Gasteiger partial charge on any atom is 0.170 e. The number of nitrogens with zero attached hydrogens (tertiary/aromatic N) is 1. The van der Waals surface area contributed by atoms with Crippen molar-refractivity contribution >= 4 is 11.6 Å². The second-order valence-corrected chi connectivity index (χ2v) is 4.99. The van der Waals surface area contributed by atoms with Crippen LogP contribution in [0.1, 0.15) is 39.0 Å². The molecule has 1 N–H and O–H groups in total. The van der Waals surface area contributed by atoms with Crippen LogP contribution in [0.25, 0.3) is 0 Å². The number of amidine groups is 1. The molecule has 0 amide bonds. The smallest absolute Gasteiger partial charge is 0.170 e. The normalized spacial score (nSPS) is 14.3. The predicted octanol–water partition coefficient (Wildman–Crippen LogP) is 2.49. The highest BCUT2D eigenvalue weighted by atomic mass is 16.1. The Morgan fingerprint density at radius 3 is 2.33 bits per heavy atom. The molecule has 2 rings (SSSR count). The van der Waals surface area contributed by atoms with E-state index in [1.165, 1.54) is 11.1 Å². The van der Waals surface area contributed by atoms with Crippen LogP contribution in [0.15, 0.2) is 11.1 Å². The van der Waals surface area contributed by atoms with E-state index in [-0.39, 0.29) is 5.78 Å². The van der Waals surface area contributed by atoms with Crippen LogP contribution in [-0.4, -0.2) is 24.7 Å². The quantitative estimate of drug-likeness (QED) is 0.830. The molecule has 1 aromatic carbocycles. The zero-order valence-corrected chi connectivity index (χ0v) is 11.6. The fraction of sp³-hybridized carbons (Fsp3) is 0.467. The monoisotopic (exact) mass is 244 g/mol. The van der Waals surface area contributed by atoms with Gasteiger partial charge < -0.3 is 5.32 Å². The van der Waals surface area contributed by atoms with Crippen molar-refractivity contribution in [2.45, 2.75) is 34.1 Å². The first-order valence-electron chi connectivity index (χ1n) is 6.38. The van der Waals surface area contributed by atoms with E-state index in [1.807, 2.05) is 13.8 Å². The fourth-order valence-corrected chi connectivity index (χ4v) is 2.44. The van der Waals surface area contributed by atoms with Gasteiger partial charge in [0.25, 0.3) is 0 Å². The van der Waals surface area contributed by atoms with E-state index in [0.29, 0.717) is 6.42 Å². The average molecular weight is 244 g/mol. The molecule has 18 heavy (non-hydrogen) atoms. The van der Waals surface area contributed by atoms with E-state index in [9.17, 15) is 4.79 Å². The summed E-state index contributed by atoms with van der Waals surface area (Å²) in [6.45, 7) is 9.81. The standard InChI is InChI=1S/C15H20N2O/c1-9-7-10(2)12(4)15(11(9)3)13(18)8-14-16-5-6-17-14/h7H,5-6,8H2,1-4H3,(H,16,17). The highest BCUT2D eigenvalue weighted by Crippen LogP contribution is 2.23. The average Bonchev–Trinajstić information content (AvgIpc) is 2.79. The number of nitrogens with one attached hydrogen (secondary N) is 1. The number of hydrogen-bond donors (Lipinski definition) is 1. The minimum atomic E-state index is 0.171. The molecular weight excluding hydrogens is 224 g/mol. The van der Waals surface area contributed by atoms with Gasteiger partial charge in [-0.15, -0.1) is 0 Å². The van der Waals surface area contributed by atoms with Gasteiger partial charge in [0.15, 0.2) is 5.78 Å². The van der Waals surface area contributed by atoms with Crippen molar-refractivity contribution < 1.29 is 4.79 Å². The molecule has 3 nitrogen and oxygen atoms in total. The Kier molecular flexibility index (Phi) is 3.50. The molecule has 0 saturated carbocycles. The predicted molar refractivity (Wildman–Crippen MR) is 74.6 cm³/mol. The maximum absolute atomic E-state index is 12.4. The van der Waals surface area contributed by atoms with Gasteiger partial charge in [-0.2, -0.15) is 0 Å². The number of carbonyl (C=O) groups excluding carboxylic acids is 1. The van der Waals surface area contributed by atoms with Gasteiger partial charge in [0.2, 0.25) is 0 Å². The highest BCUT2D eigenvalue weighted by Gasteiger charge is 2.18. The van der Waals surface area contributed by atoms with E-state index in [4.69, 9.17) is 0 Å². The minimum absolute atomic E-state index is 0.171. The lowest BCUT2D eigenvalue weighted by atomic mass is 9.90. The van der Waals surface area contributed by atoms with Crippen molar-refractivity contribution in [3.05, 3.63) is 33.9 Å². The lowest BCUT2D eigenvalue weighted by Gasteiger charge is -2.14. The molecular formula is C15H20N2O. The van der Waals surface area contributed by atoms with Gasteiger partial charge in [-0.3, -0.25) is 9.79 Å². The number of hydrogen-bond acceptors (Lipinski definition) is 3. The summed E-state index contributed by atoms with van der Waals surface area (Å²) in [6, 6.07) is 2.15. The Bertz CT molecular complexity index is 504. The summed E-state index contributed by atoms with van der Waals surface area (Å²) in [7, 11) is 0. The van der Waals surface area contributed by atoms with Crippen LogP contribution in [-0.2, 0) is 0 Å². The third-order valence-corrected chi connectivity index (χ3v) is 3.72. The third kappa shape index (κ3) is 2.30. The molecule has 0 unspecified atom stereocenters. The molecule has 96 valence electrons. The lowest BCUT2D eigenvalue weighted by molar-refractivity contribution is 0.0998. The summed E-state index contributed by atoms with van der Waals surface area (Å²) in [5.74, 6) is 1.00. The molecule has 0 aliphatic carbocycles. The highest BCUT2D eigenvalue weighted by molar-refractivity contribution is 6.11. The van der Waals surface area contributed by atoms with Crippen LogP contribution in [0.4, 0.5) is 0 Å². The van der Waals surface area contributed by atoms with Crippen LogP contribution in [0.5, 0.6) is 0 Å². The van der Waals surface area contributed by atoms with Crippen molar-refractivity contribution in [1.29, 1.82) is 0 Å². The van der Waals surface area contributed by atoms with E-state index in [0.717, 1.165) is 35.6 Å². The van der Waals surface area contributed by atoms with E-state index >= 15 is 0 Å². The molecule has 0 aromatic heterocycles. The molecule has 1 aliphatic rings. The number of aryl methyl sites for hydroxylation is 2. The lowest BCUT2D eigenvalue weighted by Crippen LogP contribution is -2.22. The first-order chi connectivity index (χ1) is 8.50. The summed E-state index contributed by atoms with van der Waals surface area (Å²) in [5, 5.41) is 3.15. The summed E-state index contributed by atoms with van der Waals surface area (Å²) in [4.78, 5) is 16.7. The number of benzene rings is 1. The van der Waals surface area contributed by atoms with Crippen LogP contribution in [0, 0.1) is 27.7 Å². The van der Waals surface area contributed by atoms with E-state index in [2.05, 4.69) is 30.2 Å². The maximum atomic E-state index is 12.4. The Balaban J connectivity index is 2.35. The van der Waals surface area contributed by atoms with Crippen LogP contribution in [0.2, 0.25) is 0 Å². The molecule has 0 spiro atoms. The fourth-order valence-electron chi connectivity index (χ4n) is 2.44. The molecule has 0 bridgehead atoms. The zero-order chi connectivity index (χ0) is 13.3. The first-order valence-corrected chi connectivity index (χ1v) is 6.38. The third-order valence-electron chi connectivity index (χ3n) is 3.72. The zero-order valence-electron chi connectivity index (χ0n) is 11.6. The van der Waals surface area contributed by atoms with Crippen LogP contribution < -0.4 is 5.32 Å². The van der Waals surface area contributed by atoms with Crippen molar-refractivity contribution in [2.75, 3.05) is 13.1 Å². The van der Waals surface area contributed by atoms with Crippen molar-refractivity contribution in [3.8, 4) is 0 Å². The topological polar surface area (TPSA) is 41.5 Å². The second-order valence-electron chi connectivity index (χ2n) is 4.99. The Morgan fingerprint density at radius 2 is 1.83 bits per heavy atom. The van der Waals surface area contributed by atoms with Crippen molar-refractivity contribution in [1.82, 2.24) is 5.32 Å².